The van der Waals surface area contributed by atoms with Crippen LogP contribution < -0.4 is 5.32 Å². The third-order valence-electron chi connectivity index (χ3n) is 4.06. The summed E-state index contributed by atoms with van der Waals surface area (Å²) in [7, 11) is -3.72. The van der Waals surface area contributed by atoms with Crippen LogP contribution in [0.25, 0.3) is 10.2 Å². The highest BCUT2D eigenvalue weighted by Crippen LogP contribution is 2.30. The third-order valence-corrected chi connectivity index (χ3v) is 7.64. The average Bonchev–Trinajstić information content (AvgIpc) is 3.10. The molecule has 3 aromatic rings. The monoisotopic (exact) mass is 525 g/mol. The second kappa shape index (κ2) is 9.40. The van der Waals surface area contributed by atoms with Crippen molar-refractivity contribution in [3.05, 3.63) is 76.8 Å². The van der Waals surface area contributed by atoms with E-state index in [1.54, 1.807) is 30.3 Å². The smallest absolute Gasteiger partial charge is 0.258 e. The lowest BCUT2D eigenvalue weighted by molar-refractivity contribution is 0.102. The molecule has 0 radical (unpaired) electrons. The zero-order valence-corrected chi connectivity index (χ0v) is 19.6. The largest absolute Gasteiger partial charge is 0.298 e. The molecule has 1 N–H and O–H groups in total. The van der Waals surface area contributed by atoms with Crippen LogP contribution in [0.5, 0.6) is 0 Å². The minimum absolute atomic E-state index is 0.135. The number of anilines is 1. The summed E-state index contributed by atoms with van der Waals surface area (Å²) in [5.74, 6) is -0.406. The standard InChI is InChI=1S/C20H17BrClN3O3S2/c1-3-9-25(10-4-2)30(27,28)14-6-8-17-18(12-14)29-20(23-17)24-19(26)15-11-13(21)5-7-16(15)22/h3-8,11-12H,1-2,9-10H2,(H,23,24,26). The Balaban J connectivity index is 1.90. The highest BCUT2D eigenvalue weighted by molar-refractivity contribution is 9.10. The highest BCUT2D eigenvalue weighted by Gasteiger charge is 2.23. The molecule has 2 aromatic carbocycles. The van der Waals surface area contributed by atoms with E-state index < -0.39 is 15.9 Å². The van der Waals surface area contributed by atoms with Gasteiger partial charge < -0.3 is 0 Å². The van der Waals surface area contributed by atoms with E-state index in [1.807, 2.05) is 0 Å². The molecule has 1 amide bonds. The van der Waals surface area contributed by atoms with Crippen molar-refractivity contribution in [1.82, 2.24) is 9.29 Å². The number of carbonyl (C=O) groups is 1. The van der Waals surface area contributed by atoms with E-state index in [9.17, 15) is 13.2 Å². The molecular formula is C20H17BrClN3O3S2. The molecular weight excluding hydrogens is 510 g/mol. The van der Waals surface area contributed by atoms with Gasteiger partial charge in [-0.1, -0.05) is 51.0 Å². The van der Waals surface area contributed by atoms with Gasteiger partial charge in [0.2, 0.25) is 10.0 Å². The van der Waals surface area contributed by atoms with E-state index >= 15 is 0 Å². The fourth-order valence-electron chi connectivity index (χ4n) is 2.66. The van der Waals surface area contributed by atoms with Gasteiger partial charge in [0.25, 0.3) is 5.91 Å². The number of sulfonamides is 1. The van der Waals surface area contributed by atoms with E-state index in [4.69, 9.17) is 11.6 Å². The third kappa shape index (κ3) is 4.81. The summed E-state index contributed by atoms with van der Waals surface area (Å²) in [5, 5.41) is 3.37. The van der Waals surface area contributed by atoms with E-state index in [0.717, 1.165) is 4.47 Å². The van der Waals surface area contributed by atoms with Crippen LogP contribution in [0.4, 0.5) is 5.13 Å². The van der Waals surface area contributed by atoms with Gasteiger partial charge in [-0.2, -0.15) is 4.31 Å². The lowest BCUT2D eigenvalue weighted by Gasteiger charge is -2.18. The summed E-state index contributed by atoms with van der Waals surface area (Å²) in [4.78, 5) is 17.0. The van der Waals surface area contributed by atoms with Crippen LogP contribution in [-0.4, -0.2) is 36.7 Å². The molecule has 156 valence electrons. The number of nitrogens with one attached hydrogen (secondary N) is 1. The molecule has 0 bridgehead atoms. The molecule has 0 fully saturated rings. The molecule has 30 heavy (non-hydrogen) atoms. The minimum Gasteiger partial charge on any atom is -0.298 e. The van der Waals surface area contributed by atoms with E-state index in [2.05, 4.69) is 39.4 Å². The number of rotatable bonds is 8. The molecule has 1 aromatic heterocycles. The van der Waals surface area contributed by atoms with Gasteiger partial charge in [-0.3, -0.25) is 10.1 Å². The first kappa shape index (κ1) is 22.6. The Kier molecular flexibility index (Phi) is 7.10. The van der Waals surface area contributed by atoms with Gasteiger partial charge in [0.1, 0.15) is 0 Å². The number of benzene rings is 2. The van der Waals surface area contributed by atoms with Crippen LogP contribution in [0.2, 0.25) is 5.02 Å². The van der Waals surface area contributed by atoms with Gasteiger partial charge in [-0.15, -0.1) is 13.2 Å². The van der Waals surface area contributed by atoms with Gasteiger partial charge in [-0.05, 0) is 36.4 Å². The number of hydrogen-bond acceptors (Lipinski definition) is 5. The lowest BCUT2D eigenvalue weighted by atomic mass is 10.2. The Morgan fingerprint density at radius 2 is 1.90 bits per heavy atom. The molecule has 6 nitrogen and oxygen atoms in total. The number of hydrogen-bond donors (Lipinski definition) is 1. The molecule has 1 heterocycles. The van der Waals surface area contributed by atoms with E-state index in [1.165, 1.54) is 33.9 Å². The average molecular weight is 527 g/mol. The van der Waals surface area contributed by atoms with Crippen LogP contribution >= 0.6 is 38.9 Å². The quantitative estimate of drug-likeness (QED) is 0.403. The van der Waals surface area contributed by atoms with Crippen LogP contribution in [0, 0.1) is 0 Å². The SMILES string of the molecule is C=CCN(CC=C)S(=O)(=O)c1ccc2nc(NC(=O)c3cc(Br)ccc3Cl)sc2c1. The first-order valence-corrected chi connectivity index (χ1v) is 12.1. The molecule has 3 rings (SSSR count). The Hall–Kier alpha value is -2.04. The number of fused-ring (bicyclic) bond motifs is 1. The summed E-state index contributed by atoms with van der Waals surface area (Å²) in [5.41, 5.74) is 0.881. The first-order valence-electron chi connectivity index (χ1n) is 8.65. The van der Waals surface area contributed by atoms with Crippen LogP contribution in [0.3, 0.4) is 0 Å². The van der Waals surface area contributed by atoms with Crippen LogP contribution in [-0.2, 0) is 10.0 Å². The van der Waals surface area contributed by atoms with E-state index in [-0.39, 0.29) is 18.0 Å². The molecule has 0 saturated heterocycles. The lowest BCUT2D eigenvalue weighted by Crippen LogP contribution is -2.31. The maximum Gasteiger partial charge on any atom is 0.258 e. The summed E-state index contributed by atoms with van der Waals surface area (Å²) in [6.07, 6.45) is 3.04. The number of halogens is 2. The van der Waals surface area contributed by atoms with E-state index in [0.29, 0.717) is 25.9 Å². The van der Waals surface area contributed by atoms with Gasteiger partial charge in [0.15, 0.2) is 5.13 Å². The Labute approximate surface area is 192 Å². The van der Waals surface area contributed by atoms with Gasteiger partial charge >= 0.3 is 0 Å². The second-order valence-electron chi connectivity index (χ2n) is 6.13. The number of nitrogens with zero attached hydrogens (tertiary/aromatic N) is 2. The van der Waals surface area contributed by atoms with Crippen LogP contribution in [0.1, 0.15) is 10.4 Å². The summed E-state index contributed by atoms with van der Waals surface area (Å²) < 4.78 is 28.5. The zero-order valence-electron chi connectivity index (χ0n) is 15.6. The van der Waals surface area contributed by atoms with Crippen molar-refractivity contribution in [3.63, 3.8) is 0 Å². The van der Waals surface area contributed by atoms with Crippen molar-refractivity contribution in [2.75, 3.05) is 18.4 Å². The molecule has 0 saturated carbocycles. The van der Waals surface area contributed by atoms with Crippen LogP contribution in [0.15, 0.2) is 71.1 Å². The second-order valence-corrected chi connectivity index (χ2v) is 10.4. The topological polar surface area (TPSA) is 79.4 Å². The predicted octanol–water partition coefficient (Wildman–Crippen LogP) is 5.33. The Morgan fingerprint density at radius 1 is 1.20 bits per heavy atom. The Bertz CT molecular complexity index is 1230. The molecule has 0 aliphatic rings. The molecule has 0 aliphatic heterocycles. The maximum absolute atomic E-state index is 12.9. The maximum atomic E-state index is 12.9. The molecule has 0 aliphatic carbocycles. The van der Waals surface area contributed by atoms with Gasteiger partial charge in [0.05, 0.1) is 25.7 Å². The van der Waals surface area contributed by atoms with Crippen molar-refractivity contribution in [2.24, 2.45) is 0 Å². The van der Waals surface area contributed by atoms with Crippen molar-refractivity contribution in [3.8, 4) is 0 Å². The number of carbonyl (C=O) groups excluding carboxylic acids is 1. The summed E-state index contributed by atoms with van der Waals surface area (Å²) >= 11 is 10.6. The van der Waals surface area contributed by atoms with Crippen molar-refractivity contribution in [1.29, 1.82) is 0 Å². The minimum atomic E-state index is -3.72. The van der Waals surface area contributed by atoms with Crippen molar-refractivity contribution in [2.45, 2.75) is 4.90 Å². The summed E-state index contributed by atoms with van der Waals surface area (Å²) in [6.45, 7) is 7.55. The molecule has 0 unspecified atom stereocenters. The Morgan fingerprint density at radius 3 is 2.57 bits per heavy atom. The highest BCUT2D eigenvalue weighted by atomic mass is 79.9. The fraction of sp³-hybridized carbons (Fsp3) is 0.100. The normalized spacial score (nSPS) is 11.6. The fourth-order valence-corrected chi connectivity index (χ4v) is 5.61. The van der Waals surface area contributed by atoms with Crippen molar-refractivity contribution >= 4 is 70.1 Å². The summed E-state index contributed by atoms with van der Waals surface area (Å²) in [6, 6.07) is 9.62. The zero-order chi connectivity index (χ0) is 21.9. The molecule has 10 heteroatoms. The predicted molar refractivity (Wildman–Crippen MR) is 126 cm³/mol. The van der Waals surface area contributed by atoms with Gasteiger partial charge in [0, 0.05) is 17.6 Å². The number of amides is 1. The molecule has 0 atom stereocenters. The molecule has 0 spiro atoms. The van der Waals surface area contributed by atoms with Gasteiger partial charge in [-0.25, -0.2) is 13.4 Å². The first-order chi connectivity index (χ1) is 14.3. The van der Waals surface area contributed by atoms with Crippen molar-refractivity contribution < 1.29 is 13.2 Å². The number of thiazole rings is 1. The number of aromatic nitrogens is 1.